The summed E-state index contributed by atoms with van der Waals surface area (Å²) in [7, 11) is -3.58. The molecule has 0 fully saturated rings. The van der Waals surface area contributed by atoms with Gasteiger partial charge in [-0.1, -0.05) is 11.6 Å². The molecule has 0 aliphatic carbocycles. The largest absolute Gasteiger partial charge is 0.331 e. The molecule has 2 aliphatic rings. The van der Waals surface area contributed by atoms with Crippen LogP contribution in [0, 0.1) is 5.82 Å². The third kappa shape index (κ3) is 3.27. The second-order valence-electron chi connectivity index (χ2n) is 4.90. The van der Waals surface area contributed by atoms with Gasteiger partial charge < -0.3 is 10.2 Å². The number of rotatable bonds is 2. The number of hydrogen-bond donors (Lipinski definition) is 1. The molecule has 0 spiro atoms. The number of nitrogens with one attached hydrogen (secondary N) is 1. The Morgan fingerprint density at radius 1 is 1.39 bits per heavy atom. The number of carbonyl (C=O) groups excluding carboxylic acids is 1. The van der Waals surface area contributed by atoms with Crippen molar-refractivity contribution in [3.63, 3.8) is 0 Å². The lowest BCUT2D eigenvalue weighted by atomic mass is 10.1. The fourth-order valence-electron chi connectivity index (χ4n) is 2.17. The molecular weight excluding hydrogens is 345 g/mol. The van der Waals surface area contributed by atoms with Crippen LogP contribution in [0.25, 0.3) is 0 Å². The quantitative estimate of drug-likeness (QED) is 0.879. The molecule has 0 saturated carbocycles. The summed E-state index contributed by atoms with van der Waals surface area (Å²) in [6.07, 6.45) is 4.75. The van der Waals surface area contributed by atoms with Gasteiger partial charge in [-0.05, 0) is 30.4 Å². The van der Waals surface area contributed by atoms with Crippen molar-refractivity contribution < 1.29 is 17.6 Å². The molecule has 1 aromatic rings. The topological polar surface area (TPSA) is 78.8 Å². The van der Waals surface area contributed by atoms with Gasteiger partial charge in [-0.15, -0.1) is 4.40 Å². The third-order valence-corrected chi connectivity index (χ3v) is 4.72. The molecule has 9 heteroatoms. The summed E-state index contributed by atoms with van der Waals surface area (Å²) in [5, 5.41) is 2.42. The van der Waals surface area contributed by atoms with Crippen molar-refractivity contribution in [2.24, 2.45) is 4.40 Å². The Hall–Kier alpha value is -2.19. The number of nitrogens with zero attached hydrogens (tertiary/aromatic N) is 2. The average Bonchev–Trinajstić information content (AvgIpc) is 2.49. The van der Waals surface area contributed by atoms with Crippen LogP contribution in [0.15, 0.2) is 46.5 Å². The monoisotopic (exact) mass is 355 g/mol. The summed E-state index contributed by atoms with van der Waals surface area (Å²) in [5.74, 6) is -1.19. The minimum Gasteiger partial charge on any atom is -0.331 e. The predicted molar refractivity (Wildman–Crippen MR) is 85.2 cm³/mol. The molecule has 6 nitrogen and oxygen atoms in total. The molecule has 2 aliphatic heterocycles. The van der Waals surface area contributed by atoms with Gasteiger partial charge in [0.1, 0.15) is 5.82 Å². The van der Waals surface area contributed by atoms with Gasteiger partial charge >= 0.3 is 0 Å². The van der Waals surface area contributed by atoms with E-state index in [2.05, 4.69) is 9.71 Å². The minimum absolute atomic E-state index is 0.0736. The number of carbonyl (C=O) groups is 1. The van der Waals surface area contributed by atoms with E-state index in [1.165, 1.54) is 18.2 Å². The normalized spacial score (nSPS) is 18.8. The van der Waals surface area contributed by atoms with Gasteiger partial charge in [0.15, 0.2) is 5.84 Å². The molecule has 0 radical (unpaired) electrons. The SMILES string of the molecule is O=C(Nc1ccc(F)c(Cl)c1)C1=CC=CN2CCS(=O)(=O)N=C12. The molecule has 0 unspecified atom stereocenters. The highest BCUT2D eigenvalue weighted by Crippen LogP contribution is 2.22. The molecule has 2 heterocycles. The maximum Gasteiger partial charge on any atom is 0.259 e. The Morgan fingerprint density at radius 2 is 2.17 bits per heavy atom. The fourth-order valence-corrected chi connectivity index (χ4v) is 3.33. The number of amidine groups is 1. The maximum atomic E-state index is 13.1. The van der Waals surface area contributed by atoms with E-state index in [1.807, 2.05) is 0 Å². The van der Waals surface area contributed by atoms with Crippen molar-refractivity contribution in [1.82, 2.24) is 4.90 Å². The van der Waals surface area contributed by atoms with Gasteiger partial charge in [0.25, 0.3) is 15.9 Å². The number of amides is 1. The number of benzene rings is 1. The Labute approximate surface area is 137 Å². The zero-order chi connectivity index (χ0) is 16.6. The van der Waals surface area contributed by atoms with Crippen molar-refractivity contribution in [2.75, 3.05) is 17.6 Å². The van der Waals surface area contributed by atoms with Crippen LogP contribution in [0.1, 0.15) is 0 Å². The molecule has 0 aromatic heterocycles. The summed E-state index contributed by atoms with van der Waals surface area (Å²) in [6.45, 7) is 0.227. The molecule has 120 valence electrons. The molecular formula is C14H11ClFN3O3S. The van der Waals surface area contributed by atoms with Crippen molar-refractivity contribution in [3.8, 4) is 0 Å². The molecule has 23 heavy (non-hydrogen) atoms. The van der Waals surface area contributed by atoms with Crippen molar-refractivity contribution in [1.29, 1.82) is 0 Å². The summed E-state index contributed by atoms with van der Waals surface area (Å²) in [6, 6.07) is 3.75. The lowest BCUT2D eigenvalue weighted by Crippen LogP contribution is -2.40. The number of fused-ring (bicyclic) bond motifs is 1. The van der Waals surface area contributed by atoms with Crippen LogP contribution in [0.2, 0.25) is 5.02 Å². The van der Waals surface area contributed by atoms with Crippen LogP contribution in [-0.4, -0.2) is 37.4 Å². The van der Waals surface area contributed by atoms with E-state index in [4.69, 9.17) is 11.6 Å². The van der Waals surface area contributed by atoms with Gasteiger partial charge in [-0.25, -0.2) is 12.8 Å². The van der Waals surface area contributed by atoms with Crippen molar-refractivity contribution >= 4 is 39.1 Å². The fraction of sp³-hybridized carbons (Fsp3) is 0.143. The molecule has 1 aromatic carbocycles. The number of anilines is 1. The molecule has 1 N–H and O–H groups in total. The molecule has 1 amide bonds. The summed E-state index contributed by atoms with van der Waals surface area (Å²) in [5.41, 5.74) is 0.402. The summed E-state index contributed by atoms with van der Waals surface area (Å²) >= 11 is 5.67. The zero-order valence-corrected chi connectivity index (χ0v) is 13.2. The molecule has 0 saturated heterocycles. The Kier molecular flexibility index (Phi) is 3.95. The van der Waals surface area contributed by atoms with E-state index in [0.29, 0.717) is 5.69 Å². The third-order valence-electron chi connectivity index (χ3n) is 3.28. The second kappa shape index (κ2) is 5.78. The number of halogens is 2. The van der Waals surface area contributed by atoms with Crippen LogP contribution >= 0.6 is 11.6 Å². The first-order valence-corrected chi connectivity index (χ1v) is 8.59. The Balaban J connectivity index is 1.89. The van der Waals surface area contributed by atoms with E-state index in [0.717, 1.165) is 6.07 Å². The van der Waals surface area contributed by atoms with Crippen LogP contribution in [-0.2, 0) is 14.8 Å². The van der Waals surface area contributed by atoms with Gasteiger partial charge in [0.05, 0.1) is 16.3 Å². The van der Waals surface area contributed by atoms with Gasteiger partial charge in [0, 0.05) is 18.4 Å². The van der Waals surface area contributed by atoms with E-state index in [1.54, 1.807) is 17.2 Å². The lowest BCUT2D eigenvalue weighted by molar-refractivity contribution is -0.112. The highest BCUT2D eigenvalue weighted by molar-refractivity contribution is 7.90. The van der Waals surface area contributed by atoms with Gasteiger partial charge in [0.2, 0.25) is 0 Å². The minimum atomic E-state index is -3.58. The van der Waals surface area contributed by atoms with Crippen molar-refractivity contribution in [3.05, 3.63) is 53.0 Å². The number of sulfonamides is 1. The second-order valence-corrected chi connectivity index (χ2v) is 7.06. The van der Waals surface area contributed by atoms with Crippen LogP contribution < -0.4 is 5.32 Å². The Bertz CT molecular complexity index is 877. The van der Waals surface area contributed by atoms with E-state index >= 15 is 0 Å². The Morgan fingerprint density at radius 3 is 2.91 bits per heavy atom. The average molecular weight is 356 g/mol. The van der Waals surface area contributed by atoms with Crippen LogP contribution in [0.3, 0.4) is 0 Å². The first-order chi connectivity index (χ1) is 10.9. The first kappa shape index (κ1) is 15.7. The zero-order valence-electron chi connectivity index (χ0n) is 11.7. The van der Waals surface area contributed by atoms with E-state index in [9.17, 15) is 17.6 Å². The smallest absolute Gasteiger partial charge is 0.259 e. The lowest BCUT2D eigenvalue weighted by Gasteiger charge is -2.28. The van der Waals surface area contributed by atoms with Crippen molar-refractivity contribution in [2.45, 2.75) is 0 Å². The standard InChI is InChI=1S/C14H11ClFN3O3S/c15-11-8-9(3-4-12(11)16)17-14(20)10-2-1-5-19-6-7-23(21,22)18-13(10)19/h1-5,8H,6-7H2,(H,17,20). The highest BCUT2D eigenvalue weighted by atomic mass is 35.5. The highest BCUT2D eigenvalue weighted by Gasteiger charge is 2.29. The van der Waals surface area contributed by atoms with Crippen LogP contribution in [0.4, 0.5) is 10.1 Å². The van der Waals surface area contributed by atoms with Crippen LogP contribution in [0.5, 0.6) is 0 Å². The summed E-state index contributed by atoms with van der Waals surface area (Å²) in [4.78, 5) is 14.0. The molecule has 0 bridgehead atoms. The maximum absolute atomic E-state index is 13.1. The van der Waals surface area contributed by atoms with Gasteiger partial charge in [-0.3, -0.25) is 4.79 Å². The number of hydrogen-bond acceptors (Lipinski definition) is 4. The molecule has 3 rings (SSSR count). The van der Waals surface area contributed by atoms with Gasteiger partial charge in [-0.2, -0.15) is 0 Å². The first-order valence-electron chi connectivity index (χ1n) is 6.60. The summed E-state index contributed by atoms with van der Waals surface area (Å²) < 4.78 is 40.1. The van der Waals surface area contributed by atoms with E-state index < -0.39 is 21.7 Å². The molecule has 0 atom stereocenters. The number of allylic oxidation sites excluding steroid dienone is 2. The predicted octanol–water partition coefficient (Wildman–Crippen LogP) is 1.92. The van der Waals surface area contributed by atoms with E-state index in [-0.39, 0.29) is 28.7 Å².